The first kappa shape index (κ1) is 16.8. The molecule has 1 saturated carbocycles. The second-order valence-electron chi connectivity index (χ2n) is 5.82. The molecule has 1 aromatic carbocycles. The lowest BCUT2D eigenvalue weighted by molar-refractivity contribution is 0.297. The molecule has 0 bridgehead atoms. The number of hydrogen-bond acceptors (Lipinski definition) is 3. The van der Waals surface area contributed by atoms with E-state index in [4.69, 9.17) is 0 Å². The van der Waals surface area contributed by atoms with Crippen molar-refractivity contribution >= 4 is 21.6 Å². The zero-order valence-electron chi connectivity index (χ0n) is 12.9. The highest BCUT2D eigenvalue weighted by atomic mass is 79.9. The summed E-state index contributed by atoms with van der Waals surface area (Å²) < 4.78 is 1.14. The van der Waals surface area contributed by atoms with Gasteiger partial charge >= 0.3 is 0 Å². The molecule has 0 spiro atoms. The maximum atomic E-state index is 9.38. The van der Waals surface area contributed by atoms with Gasteiger partial charge in [-0.25, -0.2) is 0 Å². The van der Waals surface area contributed by atoms with E-state index in [9.17, 15) is 5.11 Å². The second-order valence-corrected chi connectivity index (χ2v) is 6.67. The smallest absolute Gasteiger partial charge is 0.0606 e. The van der Waals surface area contributed by atoms with Crippen LogP contribution in [0.15, 0.2) is 22.7 Å². The highest BCUT2D eigenvalue weighted by Gasteiger charge is 2.23. The fourth-order valence-corrected chi connectivity index (χ4v) is 3.78. The van der Waals surface area contributed by atoms with Crippen molar-refractivity contribution in [1.82, 2.24) is 5.32 Å². The van der Waals surface area contributed by atoms with Crippen LogP contribution in [0.3, 0.4) is 0 Å². The third-order valence-corrected chi connectivity index (χ3v) is 4.82. The van der Waals surface area contributed by atoms with Gasteiger partial charge in [0, 0.05) is 23.6 Å². The molecule has 1 aromatic rings. The van der Waals surface area contributed by atoms with Crippen molar-refractivity contribution in [3.63, 3.8) is 0 Å². The van der Waals surface area contributed by atoms with Crippen molar-refractivity contribution in [3.05, 3.63) is 28.2 Å². The third-order valence-electron chi connectivity index (χ3n) is 4.18. The minimum atomic E-state index is 0.211. The monoisotopic (exact) mass is 354 g/mol. The van der Waals surface area contributed by atoms with Crippen molar-refractivity contribution in [3.8, 4) is 0 Å². The van der Waals surface area contributed by atoms with Gasteiger partial charge in [-0.3, -0.25) is 0 Å². The maximum Gasteiger partial charge on any atom is 0.0606 e. The normalized spacial score (nSPS) is 15.6. The maximum absolute atomic E-state index is 9.38. The van der Waals surface area contributed by atoms with Crippen LogP contribution in [-0.2, 0) is 6.54 Å². The molecule has 0 aromatic heterocycles. The lowest BCUT2D eigenvalue weighted by atomic mass is 10.1. The Kier molecular flexibility index (Phi) is 7.00. The van der Waals surface area contributed by atoms with Crippen LogP contribution >= 0.6 is 15.9 Å². The SMILES string of the molecule is CCCNCc1ccc(N(CCO)C2CCCC2)c(Br)c1. The Balaban J connectivity index is 2.09. The van der Waals surface area contributed by atoms with Crippen LogP contribution in [0.4, 0.5) is 5.69 Å². The van der Waals surface area contributed by atoms with E-state index in [0.717, 1.165) is 30.5 Å². The third kappa shape index (κ3) is 4.70. The van der Waals surface area contributed by atoms with Crippen LogP contribution in [0, 0.1) is 0 Å². The Morgan fingerprint density at radius 2 is 2.10 bits per heavy atom. The first-order valence-corrected chi connectivity index (χ1v) is 8.92. The molecule has 118 valence electrons. The first-order chi connectivity index (χ1) is 10.3. The van der Waals surface area contributed by atoms with Crippen molar-refractivity contribution in [2.45, 2.75) is 51.6 Å². The van der Waals surface area contributed by atoms with Crippen LogP contribution in [0.2, 0.25) is 0 Å². The van der Waals surface area contributed by atoms with Crippen LogP contribution in [-0.4, -0.2) is 30.8 Å². The first-order valence-electron chi connectivity index (χ1n) is 8.13. The second kappa shape index (κ2) is 8.76. The topological polar surface area (TPSA) is 35.5 Å². The molecular formula is C17H27BrN2O. The van der Waals surface area contributed by atoms with E-state index in [1.807, 2.05) is 0 Å². The summed E-state index contributed by atoms with van der Waals surface area (Å²) in [5.74, 6) is 0. The van der Waals surface area contributed by atoms with E-state index in [1.165, 1.54) is 36.9 Å². The molecule has 0 aliphatic heterocycles. The molecule has 2 rings (SSSR count). The summed E-state index contributed by atoms with van der Waals surface area (Å²) in [6.45, 7) is 5.08. The number of rotatable bonds is 8. The Labute approximate surface area is 136 Å². The van der Waals surface area contributed by atoms with Gasteiger partial charge in [0.15, 0.2) is 0 Å². The molecule has 0 radical (unpaired) electrons. The zero-order chi connectivity index (χ0) is 15.1. The van der Waals surface area contributed by atoms with Gasteiger partial charge in [-0.05, 0) is 59.4 Å². The summed E-state index contributed by atoms with van der Waals surface area (Å²) in [4.78, 5) is 2.38. The standard InChI is InChI=1S/C17H27BrN2O/c1-2-9-19-13-14-7-8-17(16(18)12-14)20(10-11-21)15-5-3-4-6-15/h7-8,12,15,19,21H,2-6,9-11,13H2,1H3. The molecule has 2 N–H and O–H groups in total. The van der Waals surface area contributed by atoms with Gasteiger partial charge in [-0.15, -0.1) is 0 Å². The summed E-state index contributed by atoms with van der Waals surface area (Å²) in [6, 6.07) is 7.18. The van der Waals surface area contributed by atoms with Crippen LogP contribution in [0.25, 0.3) is 0 Å². The number of nitrogens with one attached hydrogen (secondary N) is 1. The number of anilines is 1. The Bertz CT molecular complexity index is 433. The Morgan fingerprint density at radius 3 is 2.71 bits per heavy atom. The molecule has 4 heteroatoms. The fraction of sp³-hybridized carbons (Fsp3) is 0.647. The number of halogens is 1. The largest absolute Gasteiger partial charge is 0.395 e. The number of benzene rings is 1. The van der Waals surface area contributed by atoms with E-state index in [0.29, 0.717) is 6.04 Å². The number of aliphatic hydroxyl groups excluding tert-OH is 1. The van der Waals surface area contributed by atoms with E-state index in [1.54, 1.807) is 0 Å². The lowest BCUT2D eigenvalue weighted by Crippen LogP contribution is -2.36. The van der Waals surface area contributed by atoms with E-state index >= 15 is 0 Å². The highest BCUT2D eigenvalue weighted by molar-refractivity contribution is 9.10. The number of aliphatic hydroxyl groups is 1. The molecule has 0 atom stereocenters. The van der Waals surface area contributed by atoms with Gasteiger partial charge in [0.2, 0.25) is 0 Å². The van der Waals surface area contributed by atoms with E-state index < -0.39 is 0 Å². The van der Waals surface area contributed by atoms with Gasteiger partial charge in [0.05, 0.1) is 12.3 Å². The van der Waals surface area contributed by atoms with Gasteiger partial charge in [0.25, 0.3) is 0 Å². The summed E-state index contributed by atoms with van der Waals surface area (Å²) in [5, 5.41) is 12.8. The molecule has 3 nitrogen and oxygen atoms in total. The highest BCUT2D eigenvalue weighted by Crippen LogP contribution is 2.33. The molecule has 0 amide bonds. The zero-order valence-corrected chi connectivity index (χ0v) is 14.5. The number of hydrogen-bond donors (Lipinski definition) is 2. The minimum absolute atomic E-state index is 0.211. The Morgan fingerprint density at radius 1 is 1.33 bits per heavy atom. The summed E-state index contributed by atoms with van der Waals surface area (Å²) >= 11 is 3.72. The van der Waals surface area contributed by atoms with Gasteiger partial charge < -0.3 is 15.3 Å². The average Bonchev–Trinajstić information content (AvgIpc) is 3.00. The molecule has 0 unspecified atom stereocenters. The Hall–Kier alpha value is -0.580. The van der Waals surface area contributed by atoms with Crippen molar-refractivity contribution in [2.24, 2.45) is 0 Å². The van der Waals surface area contributed by atoms with Crippen LogP contribution in [0.1, 0.15) is 44.6 Å². The summed E-state index contributed by atoms with van der Waals surface area (Å²) in [7, 11) is 0. The molecule has 0 saturated heterocycles. The van der Waals surface area contributed by atoms with Crippen molar-refractivity contribution in [1.29, 1.82) is 0 Å². The molecule has 1 aliphatic carbocycles. The minimum Gasteiger partial charge on any atom is -0.395 e. The van der Waals surface area contributed by atoms with Crippen molar-refractivity contribution < 1.29 is 5.11 Å². The molecule has 1 fully saturated rings. The summed E-state index contributed by atoms with van der Waals surface area (Å²) in [5.41, 5.74) is 2.52. The number of nitrogens with zero attached hydrogens (tertiary/aromatic N) is 1. The summed E-state index contributed by atoms with van der Waals surface area (Å²) in [6.07, 6.45) is 6.26. The van der Waals surface area contributed by atoms with Gasteiger partial charge in [-0.2, -0.15) is 0 Å². The molecule has 21 heavy (non-hydrogen) atoms. The van der Waals surface area contributed by atoms with Crippen LogP contribution < -0.4 is 10.2 Å². The predicted octanol–water partition coefficient (Wildman–Crippen LogP) is 3.69. The molecule has 0 heterocycles. The predicted molar refractivity (Wildman–Crippen MR) is 92.8 cm³/mol. The molecular weight excluding hydrogens is 328 g/mol. The van der Waals surface area contributed by atoms with Gasteiger partial charge in [0.1, 0.15) is 0 Å². The van der Waals surface area contributed by atoms with Crippen LogP contribution in [0.5, 0.6) is 0 Å². The van der Waals surface area contributed by atoms with E-state index in [-0.39, 0.29) is 6.61 Å². The fourth-order valence-electron chi connectivity index (χ4n) is 3.13. The van der Waals surface area contributed by atoms with Crippen molar-refractivity contribution in [2.75, 3.05) is 24.6 Å². The average molecular weight is 355 g/mol. The lowest BCUT2D eigenvalue weighted by Gasteiger charge is -2.31. The van der Waals surface area contributed by atoms with Gasteiger partial charge in [-0.1, -0.05) is 25.8 Å². The van der Waals surface area contributed by atoms with E-state index in [2.05, 4.69) is 51.3 Å². The quantitative estimate of drug-likeness (QED) is 0.698. The molecule has 1 aliphatic rings.